The molecule has 0 unspecified atom stereocenters. The number of piperidine rings is 1. The lowest BCUT2D eigenvalue weighted by Crippen LogP contribution is -2.46. The minimum absolute atomic E-state index is 0.581. The number of rotatable bonds is 8. The molecule has 6 heteroatoms. The topological polar surface area (TPSA) is 52.7 Å². The molecule has 1 aliphatic rings. The minimum atomic E-state index is -3.24. The fourth-order valence-corrected chi connectivity index (χ4v) is 4.05. The maximum atomic E-state index is 12.4. The van der Waals surface area contributed by atoms with Gasteiger partial charge in [0.1, 0.15) is 0 Å². The summed E-state index contributed by atoms with van der Waals surface area (Å²) in [5, 5.41) is 3.04. The van der Waals surface area contributed by atoms with Gasteiger partial charge in [-0.05, 0) is 38.8 Å². The average Bonchev–Trinajstić information content (AvgIpc) is 2.40. The summed E-state index contributed by atoms with van der Waals surface area (Å²) in [4.78, 5) is 0. The molecule has 1 N–H and O–H groups in total. The van der Waals surface area contributed by atoms with Crippen molar-refractivity contribution in [3.63, 3.8) is 0 Å². The Morgan fingerprint density at radius 2 is 1.95 bits per heavy atom. The van der Waals surface area contributed by atoms with Gasteiger partial charge in [0.15, 0.2) is 0 Å². The van der Waals surface area contributed by atoms with Crippen LogP contribution in [0.5, 0.6) is 0 Å². The van der Waals surface area contributed by atoms with Crippen molar-refractivity contribution in [1.29, 1.82) is 0 Å². The molecule has 0 aliphatic carbocycles. The van der Waals surface area contributed by atoms with Gasteiger partial charge in [0.25, 0.3) is 10.2 Å². The van der Waals surface area contributed by atoms with Crippen LogP contribution in [0.1, 0.15) is 39.0 Å². The molecule has 1 heterocycles. The average molecular weight is 291 g/mol. The van der Waals surface area contributed by atoms with Crippen molar-refractivity contribution >= 4 is 10.2 Å². The van der Waals surface area contributed by atoms with Gasteiger partial charge >= 0.3 is 0 Å². The predicted molar refractivity (Wildman–Crippen MR) is 79.3 cm³/mol. The summed E-state index contributed by atoms with van der Waals surface area (Å²) in [5.41, 5.74) is 0. The van der Waals surface area contributed by atoms with E-state index in [2.05, 4.69) is 12.2 Å². The lowest BCUT2D eigenvalue weighted by Gasteiger charge is -2.33. The van der Waals surface area contributed by atoms with E-state index >= 15 is 0 Å². The summed E-state index contributed by atoms with van der Waals surface area (Å²) >= 11 is 0. The molecule has 0 saturated carbocycles. The van der Waals surface area contributed by atoms with Crippen LogP contribution in [-0.2, 0) is 10.2 Å². The van der Waals surface area contributed by atoms with Crippen molar-refractivity contribution in [2.24, 2.45) is 5.92 Å². The molecule has 0 bridgehead atoms. The molecule has 1 rings (SSSR count). The van der Waals surface area contributed by atoms with Crippen LogP contribution in [0.25, 0.3) is 0 Å². The predicted octanol–water partition coefficient (Wildman–Crippen LogP) is 1.28. The zero-order valence-corrected chi connectivity index (χ0v) is 13.4. The highest BCUT2D eigenvalue weighted by Crippen LogP contribution is 2.24. The van der Waals surface area contributed by atoms with Gasteiger partial charge in [-0.25, -0.2) is 0 Å². The lowest BCUT2D eigenvalue weighted by molar-refractivity contribution is 0.249. The second kappa shape index (κ2) is 8.19. The largest absolute Gasteiger partial charge is 0.320 e. The van der Waals surface area contributed by atoms with Crippen LogP contribution in [0.4, 0.5) is 0 Å². The quantitative estimate of drug-likeness (QED) is 0.686. The third-order valence-electron chi connectivity index (χ3n) is 3.89. The normalized spacial score (nSPS) is 19.2. The maximum Gasteiger partial charge on any atom is 0.281 e. The Bertz CT molecular complexity index is 338. The molecule has 0 aromatic heterocycles. The van der Waals surface area contributed by atoms with E-state index in [-0.39, 0.29) is 0 Å². The van der Waals surface area contributed by atoms with Crippen molar-refractivity contribution in [3.8, 4) is 0 Å². The van der Waals surface area contributed by atoms with Crippen LogP contribution in [0.2, 0.25) is 0 Å². The molecule has 5 nitrogen and oxygen atoms in total. The van der Waals surface area contributed by atoms with Crippen LogP contribution in [0.3, 0.4) is 0 Å². The zero-order chi connectivity index (χ0) is 14.3. The molecule has 0 atom stereocenters. The molecule has 0 aromatic rings. The molecule has 1 saturated heterocycles. The second-order valence-corrected chi connectivity index (χ2v) is 7.45. The van der Waals surface area contributed by atoms with Gasteiger partial charge in [0, 0.05) is 26.7 Å². The monoisotopic (exact) mass is 291 g/mol. The van der Waals surface area contributed by atoms with E-state index in [4.69, 9.17) is 0 Å². The van der Waals surface area contributed by atoms with Crippen LogP contribution < -0.4 is 5.32 Å². The molecule has 0 amide bonds. The number of nitrogens with zero attached hydrogens (tertiary/aromatic N) is 2. The van der Waals surface area contributed by atoms with Crippen molar-refractivity contribution < 1.29 is 8.42 Å². The van der Waals surface area contributed by atoms with Gasteiger partial charge < -0.3 is 5.32 Å². The molecular formula is C13H29N3O2S. The van der Waals surface area contributed by atoms with E-state index in [1.165, 1.54) is 17.1 Å². The molecule has 1 fully saturated rings. The smallest absolute Gasteiger partial charge is 0.281 e. The van der Waals surface area contributed by atoms with Crippen LogP contribution in [0, 0.1) is 5.92 Å². The van der Waals surface area contributed by atoms with Crippen LogP contribution >= 0.6 is 0 Å². The van der Waals surface area contributed by atoms with Crippen LogP contribution in [0.15, 0.2) is 0 Å². The van der Waals surface area contributed by atoms with Crippen molar-refractivity contribution in [1.82, 2.24) is 13.9 Å². The SMILES string of the molecule is CCCC1CCN(S(=O)(=O)N(C)CCCNC)CC1. The molecule has 1 aliphatic heterocycles. The van der Waals surface area contributed by atoms with E-state index in [1.54, 1.807) is 11.4 Å². The van der Waals surface area contributed by atoms with E-state index in [0.29, 0.717) is 25.6 Å². The van der Waals surface area contributed by atoms with Crippen molar-refractivity contribution in [2.45, 2.75) is 39.0 Å². The zero-order valence-electron chi connectivity index (χ0n) is 12.6. The molecule has 114 valence electrons. The minimum Gasteiger partial charge on any atom is -0.320 e. The second-order valence-electron chi connectivity index (χ2n) is 5.42. The highest BCUT2D eigenvalue weighted by molar-refractivity contribution is 7.86. The fourth-order valence-electron chi connectivity index (χ4n) is 2.63. The van der Waals surface area contributed by atoms with Crippen molar-refractivity contribution in [2.75, 3.05) is 40.3 Å². The summed E-state index contributed by atoms with van der Waals surface area (Å²) in [6, 6.07) is 0. The van der Waals surface area contributed by atoms with Gasteiger partial charge in [0.05, 0.1) is 0 Å². The van der Waals surface area contributed by atoms with Crippen molar-refractivity contribution in [3.05, 3.63) is 0 Å². The molecule has 0 radical (unpaired) electrons. The van der Waals surface area contributed by atoms with Gasteiger partial charge in [0.2, 0.25) is 0 Å². The maximum absolute atomic E-state index is 12.4. The first-order chi connectivity index (χ1) is 9.02. The highest BCUT2D eigenvalue weighted by atomic mass is 32.2. The highest BCUT2D eigenvalue weighted by Gasteiger charge is 2.30. The standard InChI is InChI=1S/C13H29N3O2S/c1-4-6-13-7-11-16(12-8-13)19(17,18)15(3)10-5-9-14-2/h13-14H,4-12H2,1-3H3. The number of nitrogens with one attached hydrogen (secondary N) is 1. The van der Waals surface area contributed by atoms with E-state index < -0.39 is 10.2 Å². The summed E-state index contributed by atoms with van der Waals surface area (Å²) in [6.45, 7) is 4.99. The molecular weight excluding hydrogens is 262 g/mol. The number of hydrogen-bond acceptors (Lipinski definition) is 3. The summed E-state index contributed by atoms with van der Waals surface area (Å²) < 4.78 is 27.9. The lowest BCUT2D eigenvalue weighted by atomic mass is 9.94. The Kier molecular flexibility index (Phi) is 7.28. The first-order valence-electron chi connectivity index (χ1n) is 7.38. The van der Waals surface area contributed by atoms with Gasteiger partial charge in [-0.1, -0.05) is 19.8 Å². The van der Waals surface area contributed by atoms with Gasteiger partial charge in [-0.15, -0.1) is 0 Å². The third-order valence-corrected chi connectivity index (χ3v) is 5.88. The summed E-state index contributed by atoms with van der Waals surface area (Å²) in [7, 11) is 0.324. The fraction of sp³-hybridized carbons (Fsp3) is 1.00. The van der Waals surface area contributed by atoms with E-state index in [9.17, 15) is 8.42 Å². The number of hydrogen-bond donors (Lipinski definition) is 1. The molecule has 0 spiro atoms. The van der Waals surface area contributed by atoms with Gasteiger partial charge in [-0.3, -0.25) is 0 Å². The Hall–Kier alpha value is -0.170. The summed E-state index contributed by atoms with van der Waals surface area (Å²) in [5.74, 6) is 0.714. The van der Waals surface area contributed by atoms with E-state index in [0.717, 1.165) is 25.8 Å². The third kappa shape index (κ3) is 5.02. The molecule has 19 heavy (non-hydrogen) atoms. The Labute approximate surface area is 118 Å². The molecule has 0 aromatic carbocycles. The first-order valence-corrected chi connectivity index (χ1v) is 8.78. The first kappa shape index (κ1) is 16.9. The Morgan fingerprint density at radius 1 is 1.32 bits per heavy atom. The van der Waals surface area contributed by atoms with E-state index in [1.807, 2.05) is 7.05 Å². The van der Waals surface area contributed by atoms with Gasteiger partial charge in [-0.2, -0.15) is 17.0 Å². The Balaban J connectivity index is 2.45. The summed E-state index contributed by atoms with van der Waals surface area (Å²) in [6.07, 6.45) is 5.29. The Morgan fingerprint density at radius 3 is 2.47 bits per heavy atom. The van der Waals surface area contributed by atoms with Crippen LogP contribution in [-0.4, -0.2) is 57.3 Å².